The molecule has 0 radical (unpaired) electrons. The van der Waals surface area contributed by atoms with Crippen LogP contribution in [0, 0.1) is 6.92 Å². The van der Waals surface area contributed by atoms with Gasteiger partial charge in [0.05, 0.1) is 0 Å². The van der Waals surface area contributed by atoms with E-state index in [1.807, 2.05) is 31.2 Å². The first-order valence-electron chi connectivity index (χ1n) is 5.98. The fourth-order valence-electron chi connectivity index (χ4n) is 1.54. The number of hydrogen-bond donors (Lipinski definition) is 2. The minimum absolute atomic E-state index is 0.0853. The summed E-state index contributed by atoms with van der Waals surface area (Å²) in [7, 11) is 1.74. The Morgan fingerprint density at radius 3 is 2.63 bits per heavy atom. The number of aryl methyl sites for hydroxylation is 2. The number of nitrogens with one attached hydrogen (secondary N) is 2. The molecule has 0 atom stereocenters. The Morgan fingerprint density at radius 2 is 2.00 bits per heavy atom. The van der Waals surface area contributed by atoms with Crippen LogP contribution in [0.25, 0.3) is 0 Å². The Balaban J connectivity index is 1.75. The van der Waals surface area contributed by atoms with Gasteiger partial charge in [-0.1, -0.05) is 22.8 Å². The third-order valence-corrected chi connectivity index (χ3v) is 2.63. The second-order valence-corrected chi connectivity index (χ2v) is 4.17. The minimum Gasteiger partial charge on any atom is -0.351 e. The molecule has 0 spiro atoms. The molecule has 100 valence electrons. The summed E-state index contributed by atoms with van der Waals surface area (Å²) in [6, 6.07) is 7.45. The highest BCUT2D eigenvalue weighted by Gasteiger charge is 2.04. The number of tetrazole rings is 1. The molecule has 2 N–H and O–H groups in total. The van der Waals surface area contributed by atoms with E-state index in [1.54, 1.807) is 7.05 Å². The fourth-order valence-corrected chi connectivity index (χ4v) is 1.54. The number of carbonyl (C=O) groups is 1. The molecular formula is C12H16N6O. The molecule has 0 aliphatic heterocycles. The van der Waals surface area contributed by atoms with Crippen LogP contribution in [0.5, 0.6) is 0 Å². The largest absolute Gasteiger partial charge is 0.351 e. The van der Waals surface area contributed by atoms with E-state index in [1.165, 1.54) is 4.68 Å². The Labute approximate surface area is 111 Å². The molecule has 0 bridgehead atoms. The Morgan fingerprint density at radius 1 is 1.26 bits per heavy atom. The van der Waals surface area contributed by atoms with Gasteiger partial charge in [-0.15, -0.1) is 0 Å². The van der Waals surface area contributed by atoms with E-state index < -0.39 is 0 Å². The molecule has 1 heterocycles. The fraction of sp³-hybridized carbons (Fsp3) is 0.333. The highest BCUT2D eigenvalue weighted by atomic mass is 16.1. The van der Waals surface area contributed by atoms with Crippen molar-refractivity contribution in [1.29, 1.82) is 0 Å². The lowest BCUT2D eigenvalue weighted by molar-refractivity contribution is 0.0955. The number of aromatic nitrogens is 4. The first-order valence-corrected chi connectivity index (χ1v) is 5.98. The monoisotopic (exact) mass is 260 g/mol. The number of benzene rings is 1. The highest BCUT2D eigenvalue weighted by Crippen LogP contribution is 2.02. The van der Waals surface area contributed by atoms with E-state index in [0.717, 1.165) is 5.56 Å². The summed E-state index contributed by atoms with van der Waals surface area (Å²) in [5.41, 5.74) is 1.79. The molecule has 2 aromatic rings. The van der Waals surface area contributed by atoms with Gasteiger partial charge in [-0.05, 0) is 29.5 Å². The van der Waals surface area contributed by atoms with E-state index in [4.69, 9.17) is 0 Å². The smallest absolute Gasteiger partial charge is 0.251 e. The van der Waals surface area contributed by atoms with Crippen molar-refractivity contribution >= 4 is 11.9 Å². The second-order valence-electron chi connectivity index (χ2n) is 4.17. The van der Waals surface area contributed by atoms with E-state index in [2.05, 4.69) is 26.2 Å². The summed E-state index contributed by atoms with van der Waals surface area (Å²) in [6.45, 7) is 3.05. The number of hydrogen-bond acceptors (Lipinski definition) is 5. The quantitative estimate of drug-likeness (QED) is 0.758. The van der Waals surface area contributed by atoms with Gasteiger partial charge in [0, 0.05) is 25.7 Å². The SMILES string of the molecule is Cc1ccc(C(=O)NCCNc2nnnn2C)cc1. The molecule has 7 heteroatoms. The maximum atomic E-state index is 11.8. The molecule has 1 amide bonds. The van der Waals surface area contributed by atoms with Crippen LogP contribution in [-0.2, 0) is 7.05 Å². The molecule has 19 heavy (non-hydrogen) atoms. The van der Waals surface area contributed by atoms with E-state index in [0.29, 0.717) is 24.6 Å². The summed E-state index contributed by atoms with van der Waals surface area (Å²) in [5.74, 6) is 0.488. The topological polar surface area (TPSA) is 84.7 Å². The summed E-state index contributed by atoms with van der Waals surface area (Å²) >= 11 is 0. The molecule has 0 aliphatic rings. The first-order chi connectivity index (χ1) is 9.16. The van der Waals surface area contributed by atoms with Gasteiger partial charge < -0.3 is 10.6 Å². The summed E-state index contributed by atoms with van der Waals surface area (Å²) in [5, 5.41) is 16.8. The van der Waals surface area contributed by atoms with Crippen molar-refractivity contribution in [1.82, 2.24) is 25.5 Å². The maximum Gasteiger partial charge on any atom is 0.251 e. The maximum absolute atomic E-state index is 11.8. The van der Waals surface area contributed by atoms with Gasteiger partial charge in [0.25, 0.3) is 5.91 Å². The zero-order valence-electron chi connectivity index (χ0n) is 10.9. The Kier molecular flexibility index (Phi) is 4.07. The van der Waals surface area contributed by atoms with Gasteiger partial charge in [0.15, 0.2) is 0 Å². The molecular weight excluding hydrogens is 244 g/mol. The van der Waals surface area contributed by atoms with Crippen molar-refractivity contribution in [3.8, 4) is 0 Å². The number of nitrogens with zero attached hydrogens (tertiary/aromatic N) is 4. The number of amides is 1. The van der Waals surface area contributed by atoms with Crippen molar-refractivity contribution in [2.24, 2.45) is 7.05 Å². The predicted octanol–water partition coefficient (Wildman–Crippen LogP) is 0.360. The Bertz CT molecular complexity index is 548. The lowest BCUT2D eigenvalue weighted by Crippen LogP contribution is -2.29. The zero-order valence-corrected chi connectivity index (χ0v) is 10.9. The van der Waals surface area contributed by atoms with Crippen LogP contribution >= 0.6 is 0 Å². The van der Waals surface area contributed by atoms with Crippen LogP contribution in [-0.4, -0.2) is 39.2 Å². The van der Waals surface area contributed by atoms with Crippen LogP contribution < -0.4 is 10.6 Å². The van der Waals surface area contributed by atoms with Crippen LogP contribution in [0.15, 0.2) is 24.3 Å². The lowest BCUT2D eigenvalue weighted by Gasteiger charge is -2.06. The molecule has 0 unspecified atom stereocenters. The third kappa shape index (κ3) is 3.51. The van der Waals surface area contributed by atoms with Crippen LogP contribution in [0.3, 0.4) is 0 Å². The van der Waals surface area contributed by atoms with Crippen molar-refractivity contribution in [3.05, 3.63) is 35.4 Å². The van der Waals surface area contributed by atoms with E-state index >= 15 is 0 Å². The molecule has 1 aromatic heterocycles. The van der Waals surface area contributed by atoms with Crippen LogP contribution in [0.4, 0.5) is 5.95 Å². The van der Waals surface area contributed by atoms with Crippen LogP contribution in [0.2, 0.25) is 0 Å². The number of rotatable bonds is 5. The average Bonchev–Trinajstić information content (AvgIpc) is 2.81. The summed E-state index contributed by atoms with van der Waals surface area (Å²) in [4.78, 5) is 11.8. The van der Waals surface area contributed by atoms with E-state index in [9.17, 15) is 4.79 Å². The Hall–Kier alpha value is -2.44. The minimum atomic E-state index is -0.0853. The first kappa shape index (κ1) is 13.0. The van der Waals surface area contributed by atoms with Gasteiger partial charge in [-0.25, -0.2) is 4.68 Å². The van der Waals surface area contributed by atoms with Crippen molar-refractivity contribution < 1.29 is 4.79 Å². The molecule has 7 nitrogen and oxygen atoms in total. The number of carbonyl (C=O) groups excluding carboxylic acids is 1. The van der Waals surface area contributed by atoms with Gasteiger partial charge in [0.1, 0.15) is 0 Å². The molecule has 2 rings (SSSR count). The van der Waals surface area contributed by atoms with Crippen molar-refractivity contribution in [2.75, 3.05) is 18.4 Å². The molecule has 0 saturated carbocycles. The molecule has 0 aliphatic carbocycles. The van der Waals surface area contributed by atoms with Gasteiger partial charge >= 0.3 is 0 Å². The van der Waals surface area contributed by atoms with Gasteiger partial charge in [0.2, 0.25) is 5.95 Å². The highest BCUT2D eigenvalue weighted by molar-refractivity contribution is 5.94. The standard InChI is InChI=1S/C12H16N6O/c1-9-3-5-10(6-4-9)11(19)13-7-8-14-12-15-16-17-18(12)2/h3-6H,7-8H2,1-2H3,(H,13,19)(H,14,15,17). The number of anilines is 1. The summed E-state index contributed by atoms with van der Waals surface area (Å²) in [6.07, 6.45) is 0. The normalized spacial score (nSPS) is 10.2. The van der Waals surface area contributed by atoms with Gasteiger partial charge in [-0.2, -0.15) is 0 Å². The average molecular weight is 260 g/mol. The van der Waals surface area contributed by atoms with Crippen molar-refractivity contribution in [2.45, 2.75) is 6.92 Å². The predicted molar refractivity (Wildman–Crippen MR) is 70.8 cm³/mol. The lowest BCUT2D eigenvalue weighted by atomic mass is 10.1. The molecule has 0 saturated heterocycles. The van der Waals surface area contributed by atoms with E-state index in [-0.39, 0.29) is 5.91 Å². The van der Waals surface area contributed by atoms with Crippen molar-refractivity contribution in [3.63, 3.8) is 0 Å². The third-order valence-electron chi connectivity index (χ3n) is 2.63. The van der Waals surface area contributed by atoms with Gasteiger partial charge in [-0.3, -0.25) is 4.79 Å². The molecule has 1 aromatic carbocycles. The zero-order chi connectivity index (χ0) is 13.7. The summed E-state index contributed by atoms with van der Waals surface area (Å²) < 4.78 is 1.53. The molecule has 0 fully saturated rings. The van der Waals surface area contributed by atoms with Crippen LogP contribution in [0.1, 0.15) is 15.9 Å². The second kappa shape index (κ2) is 5.94.